The Kier molecular flexibility index (Phi) is 3.91. The summed E-state index contributed by atoms with van der Waals surface area (Å²) in [5.41, 5.74) is 1.82. The fraction of sp³-hybridized carbons (Fsp3) is 0.429. The lowest BCUT2D eigenvalue weighted by atomic mass is 9.96. The van der Waals surface area contributed by atoms with Crippen LogP contribution >= 0.6 is 0 Å². The van der Waals surface area contributed by atoms with Gasteiger partial charge in [0.25, 0.3) is 0 Å². The molecule has 1 aromatic rings. The molecular weight excluding hydrogens is 214 g/mol. The molecule has 90 valence electrons. The second-order valence-corrected chi connectivity index (χ2v) is 4.37. The maximum atomic E-state index is 11.3. The molecule has 2 rings (SSSR count). The van der Waals surface area contributed by atoms with Gasteiger partial charge in [-0.25, -0.2) is 0 Å². The second-order valence-electron chi connectivity index (χ2n) is 4.37. The highest BCUT2D eigenvalue weighted by molar-refractivity contribution is 6.01. The first-order valence-electron chi connectivity index (χ1n) is 6.05. The van der Waals surface area contributed by atoms with Crippen LogP contribution in [0.3, 0.4) is 0 Å². The van der Waals surface area contributed by atoms with Crippen LogP contribution in [0.25, 0.3) is 0 Å². The molecule has 0 aromatic heterocycles. The van der Waals surface area contributed by atoms with Crippen LogP contribution in [0.1, 0.15) is 24.8 Å². The molecule has 1 unspecified atom stereocenters. The predicted octanol–water partition coefficient (Wildman–Crippen LogP) is 2.59. The quantitative estimate of drug-likeness (QED) is 0.625. The molecule has 3 nitrogen and oxygen atoms in total. The first kappa shape index (κ1) is 11.8. The highest BCUT2D eigenvalue weighted by Crippen LogP contribution is 2.18. The maximum Gasteiger partial charge on any atom is 0.314 e. The lowest BCUT2D eigenvalue weighted by Crippen LogP contribution is -2.18. The van der Waals surface area contributed by atoms with E-state index in [9.17, 15) is 4.79 Å². The van der Waals surface area contributed by atoms with Crippen molar-refractivity contribution in [2.45, 2.75) is 25.7 Å². The molecule has 0 amide bonds. The van der Waals surface area contributed by atoms with Gasteiger partial charge in [-0.2, -0.15) is 0 Å². The third kappa shape index (κ3) is 3.16. The molecule has 0 bridgehead atoms. The molecule has 1 atom stereocenters. The Labute approximate surface area is 101 Å². The van der Waals surface area contributed by atoms with E-state index in [0.29, 0.717) is 25.2 Å². The van der Waals surface area contributed by atoms with Gasteiger partial charge in [-0.1, -0.05) is 30.3 Å². The van der Waals surface area contributed by atoms with Crippen molar-refractivity contribution in [1.29, 1.82) is 5.41 Å². The molecule has 1 aromatic carbocycles. The van der Waals surface area contributed by atoms with Gasteiger partial charge in [-0.15, -0.1) is 0 Å². The molecule has 0 saturated carbocycles. The number of nitrogens with one attached hydrogen (secondary N) is 1. The normalized spacial score (nSPS) is 19.1. The summed E-state index contributed by atoms with van der Waals surface area (Å²) in [6.45, 7) is 0.477. The fourth-order valence-electron chi connectivity index (χ4n) is 2.11. The summed E-state index contributed by atoms with van der Waals surface area (Å²) in [7, 11) is 0. The van der Waals surface area contributed by atoms with E-state index in [1.54, 1.807) is 0 Å². The van der Waals surface area contributed by atoms with E-state index in [-0.39, 0.29) is 11.9 Å². The molecule has 1 N–H and O–H groups in total. The molecule has 1 heterocycles. The summed E-state index contributed by atoms with van der Waals surface area (Å²) in [5, 5.41) is 7.88. The van der Waals surface area contributed by atoms with Crippen molar-refractivity contribution in [2.24, 2.45) is 5.92 Å². The zero-order valence-corrected chi connectivity index (χ0v) is 9.82. The average Bonchev–Trinajstić information content (AvgIpc) is 2.77. The first-order valence-corrected chi connectivity index (χ1v) is 6.05. The van der Waals surface area contributed by atoms with E-state index >= 15 is 0 Å². The Morgan fingerprint density at radius 3 is 2.76 bits per heavy atom. The average molecular weight is 231 g/mol. The Morgan fingerprint density at radius 2 is 2.12 bits per heavy atom. The Hall–Kier alpha value is -1.64. The Morgan fingerprint density at radius 1 is 1.35 bits per heavy atom. The van der Waals surface area contributed by atoms with Gasteiger partial charge in [0.15, 0.2) is 0 Å². The molecule has 1 aliphatic heterocycles. The summed E-state index contributed by atoms with van der Waals surface area (Å²) in [5.74, 6) is -0.486. The monoisotopic (exact) mass is 231 g/mol. The minimum absolute atomic E-state index is 0.213. The summed E-state index contributed by atoms with van der Waals surface area (Å²) in [4.78, 5) is 11.3. The number of hydrogen-bond donors (Lipinski definition) is 1. The molecule has 0 spiro atoms. The van der Waals surface area contributed by atoms with Gasteiger partial charge in [0.1, 0.15) is 0 Å². The van der Waals surface area contributed by atoms with E-state index < -0.39 is 0 Å². The van der Waals surface area contributed by atoms with Gasteiger partial charge >= 0.3 is 5.97 Å². The number of hydrogen-bond acceptors (Lipinski definition) is 3. The summed E-state index contributed by atoms with van der Waals surface area (Å²) >= 11 is 0. The minimum atomic E-state index is -0.272. The van der Waals surface area contributed by atoms with Crippen molar-refractivity contribution >= 4 is 11.7 Å². The predicted molar refractivity (Wildman–Crippen MR) is 66.2 cm³/mol. The zero-order chi connectivity index (χ0) is 12.1. The number of rotatable bonds is 5. The van der Waals surface area contributed by atoms with E-state index in [1.165, 1.54) is 5.56 Å². The van der Waals surface area contributed by atoms with E-state index in [2.05, 4.69) is 12.1 Å². The van der Waals surface area contributed by atoms with Crippen LogP contribution in [-0.2, 0) is 16.0 Å². The molecule has 17 heavy (non-hydrogen) atoms. The van der Waals surface area contributed by atoms with E-state index in [4.69, 9.17) is 10.1 Å². The largest absolute Gasteiger partial charge is 0.465 e. The second kappa shape index (κ2) is 5.62. The van der Waals surface area contributed by atoms with Crippen LogP contribution < -0.4 is 0 Å². The van der Waals surface area contributed by atoms with Crippen LogP contribution in [0.5, 0.6) is 0 Å². The van der Waals surface area contributed by atoms with Crippen molar-refractivity contribution in [1.82, 2.24) is 0 Å². The maximum absolute atomic E-state index is 11.3. The van der Waals surface area contributed by atoms with Crippen molar-refractivity contribution in [3.05, 3.63) is 35.9 Å². The van der Waals surface area contributed by atoms with Crippen LogP contribution in [0.2, 0.25) is 0 Å². The van der Waals surface area contributed by atoms with Crippen molar-refractivity contribution in [2.75, 3.05) is 6.61 Å². The van der Waals surface area contributed by atoms with Crippen LogP contribution in [0.4, 0.5) is 0 Å². The SMILES string of the molecule is N=C(CCCc1ccccc1)C1CCOC1=O. The molecule has 3 heteroatoms. The molecule has 0 radical (unpaired) electrons. The van der Waals surface area contributed by atoms with Crippen LogP contribution in [0.15, 0.2) is 30.3 Å². The van der Waals surface area contributed by atoms with Gasteiger partial charge < -0.3 is 10.1 Å². The first-order chi connectivity index (χ1) is 8.27. The standard InChI is InChI=1S/C14H17NO2/c15-13(12-9-10-17-14(12)16)8-4-7-11-5-2-1-3-6-11/h1-3,5-6,12,15H,4,7-10H2. The fourth-order valence-corrected chi connectivity index (χ4v) is 2.11. The third-order valence-electron chi connectivity index (χ3n) is 3.11. The van der Waals surface area contributed by atoms with Gasteiger partial charge in [0, 0.05) is 12.1 Å². The van der Waals surface area contributed by atoms with Gasteiger partial charge in [0.2, 0.25) is 0 Å². The van der Waals surface area contributed by atoms with Crippen molar-refractivity contribution in [3.8, 4) is 0 Å². The molecule has 1 fully saturated rings. The van der Waals surface area contributed by atoms with Crippen molar-refractivity contribution in [3.63, 3.8) is 0 Å². The number of aryl methyl sites for hydroxylation is 1. The highest BCUT2D eigenvalue weighted by atomic mass is 16.5. The topological polar surface area (TPSA) is 50.1 Å². The zero-order valence-electron chi connectivity index (χ0n) is 9.82. The van der Waals surface area contributed by atoms with Gasteiger partial charge in [-0.3, -0.25) is 4.79 Å². The minimum Gasteiger partial charge on any atom is -0.465 e. The smallest absolute Gasteiger partial charge is 0.314 e. The van der Waals surface area contributed by atoms with E-state index in [1.807, 2.05) is 18.2 Å². The number of carbonyl (C=O) groups excluding carboxylic acids is 1. The van der Waals surface area contributed by atoms with Gasteiger partial charge in [-0.05, 0) is 24.8 Å². The number of benzene rings is 1. The summed E-state index contributed by atoms with van der Waals surface area (Å²) in [6, 6.07) is 10.2. The molecule has 1 saturated heterocycles. The van der Waals surface area contributed by atoms with Crippen LogP contribution in [-0.4, -0.2) is 18.3 Å². The Bertz CT molecular complexity index is 400. The van der Waals surface area contributed by atoms with Gasteiger partial charge in [0.05, 0.1) is 12.5 Å². The van der Waals surface area contributed by atoms with Crippen LogP contribution in [0, 0.1) is 11.3 Å². The molecule has 0 aliphatic carbocycles. The number of ether oxygens (including phenoxy) is 1. The summed E-state index contributed by atoms with van der Waals surface area (Å²) in [6.07, 6.45) is 3.26. The number of esters is 1. The number of carbonyl (C=O) groups is 1. The lowest BCUT2D eigenvalue weighted by molar-refractivity contribution is -0.139. The van der Waals surface area contributed by atoms with Crippen molar-refractivity contribution < 1.29 is 9.53 Å². The molecule has 1 aliphatic rings. The number of cyclic esters (lactones) is 1. The molecular formula is C14H17NO2. The summed E-state index contributed by atoms with van der Waals surface area (Å²) < 4.78 is 4.87. The van der Waals surface area contributed by atoms with E-state index in [0.717, 1.165) is 12.8 Å². The Balaban J connectivity index is 1.75. The highest BCUT2D eigenvalue weighted by Gasteiger charge is 2.29. The third-order valence-corrected chi connectivity index (χ3v) is 3.11. The lowest BCUT2D eigenvalue weighted by Gasteiger charge is -2.07.